The molecule has 31 heavy (non-hydrogen) atoms. The average Bonchev–Trinajstić information content (AvgIpc) is 2.74. The molecule has 1 aromatic heterocycles. The molecule has 3 heterocycles. The van der Waals surface area contributed by atoms with Gasteiger partial charge in [0, 0.05) is 44.9 Å². The summed E-state index contributed by atoms with van der Waals surface area (Å²) >= 11 is 0. The van der Waals surface area contributed by atoms with Crippen LogP contribution >= 0.6 is 0 Å². The van der Waals surface area contributed by atoms with E-state index in [1.54, 1.807) is 43.3 Å². The number of hydrogen-bond acceptors (Lipinski definition) is 6. The number of hydrogen-bond donors (Lipinski definition) is 2. The summed E-state index contributed by atoms with van der Waals surface area (Å²) in [5.74, 6) is -0.597. The van der Waals surface area contributed by atoms with Crippen molar-refractivity contribution in [3.05, 3.63) is 53.1 Å². The third kappa shape index (κ3) is 4.45. The maximum Gasteiger partial charge on any atom is 0.236 e. The van der Waals surface area contributed by atoms with Crippen molar-refractivity contribution in [2.75, 3.05) is 43.9 Å². The van der Waals surface area contributed by atoms with E-state index in [0.29, 0.717) is 55.7 Å². The van der Waals surface area contributed by atoms with E-state index < -0.39 is 11.5 Å². The summed E-state index contributed by atoms with van der Waals surface area (Å²) in [7, 11) is 3.48. The second-order valence-corrected chi connectivity index (χ2v) is 8.55. The predicted octanol–water partition coefficient (Wildman–Crippen LogP) is 2.34. The molecule has 0 bridgehead atoms. The van der Waals surface area contributed by atoms with Crippen molar-refractivity contribution < 1.29 is 19.1 Å². The van der Waals surface area contributed by atoms with E-state index in [9.17, 15) is 19.1 Å². The quantitative estimate of drug-likeness (QED) is 0.564. The lowest BCUT2D eigenvalue weighted by Gasteiger charge is -2.37. The van der Waals surface area contributed by atoms with Crippen molar-refractivity contribution in [2.45, 2.75) is 31.3 Å². The van der Waals surface area contributed by atoms with Gasteiger partial charge in [-0.3, -0.25) is 14.5 Å². The normalized spacial score (nSPS) is 18.3. The number of fused-ring (bicyclic) bond motifs is 1. The molecule has 2 N–H and O–H groups in total. The van der Waals surface area contributed by atoms with Crippen molar-refractivity contribution in [1.82, 2.24) is 9.88 Å². The number of nitrogens with one attached hydrogen (secondary N) is 1. The maximum absolute atomic E-state index is 14.3. The summed E-state index contributed by atoms with van der Waals surface area (Å²) in [4.78, 5) is 31.9. The Balaban J connectivity index is 1.38. The number of aromatic nitrogens is 1. The third-order valence-electron chi connectivity index (χ3n) is 6.16. The molecule has 1 amide bonds. The molecule has 0 saturated carbocycles. The molecular weight excluding hydrogens is 399 g/mol. The number of ketones is 1. The molecule has 0 unspecified atom stereocenters. The highest BCUT2D eigenvalue weighted by Gasteiger charge is 2.36. The van der Waals surface area contributed by atoms with Crippen LogP contribution in [-0.4, -0.2) is 60.4 Å². The zero-order chi connectivity index (χ0) is 22.2. The van der Waals surface area contributed by atoms with Gasteiger partial charge in [0.15, 0.2) is 5.78 Å². The summed E-state index contributed by atoms with van der Waals surface area (Å²) in [6.45, 7) is 1.28. The predicted molar refractivity (Wildman–Crippen MR) is 116 cm³/mol. The van der Waals surface area contributed by atoms with Crippen LogP contribution in [0.2, 0.25) is 0 Å². The minimum absolute atomic E-state index is 0.00175. The molecule has 8 heteroatoms. The molecule has 4 rings (SSSR count). The molecule has 0 atom stereocenters. The topological polar surface area (TPSA) is 85.8 Å². The fraction of sp³-hybridized carbons (Fsp3) is 0.435. The van der Waals surface area contributed by atoms with Crippen molar-refractivity contribution in [2.24, 2.45) is 0 Å². The first-order valence-electron chi connectivity index (χ1n) is 10.5. The van der Waals surface area contributed by atoms with Crippen LogP contribution in [0.4, 0.5) is 15.8 Å². The number of amides is 1. The molecule has 1 aromatic carbocycles. The maximum atomic E-state index is 14.3. The molecule has 2 aliphatic rings. The fourth-order valence-corrected chi connectivity index (χ4v) is 4.21. The molecule has 0 aliphatic carbocycles. The van der Waals surface area contributed by atoms with E-state index >= 15 is 0 Å². The largest absolute Gasteiger partial charge is 0.383 e. The van der Waals surface area contributed by atoms with Gasteiger partial charge < -0.3 is 15.3 Å². The van der Waals surface area contributed by atoms with E-state index in [2.05, 4.69) is 10.3 Å². The van der Waals surface area contributed by atoms with Gasteiger partial charge in [0.2, 0.25) is 11.9 Å². The number of nitrogens with zero attached hydrogens (tertiary/aromatic N) is 3. The minimum Gasteiger partial charge on any atom is -0.383 e. The second kappa shape index (κ2) is 8.36. The number of benzene rings is 1. The van der Waals surface area contributed by atoms with Gasteiger partial charge in [-0.25, -0.2) is 4.98 Å². The van der Waals surface area contributed by atoms with Crippen LogP contribution in [0.5, 0.6) is 0 Å². The number of pyridine rings is 1. The molecule has 0 spiro atoms. The number of piperidine rings is 1. The van der Waals surface area contributed by atoms with E-state index in [-0.39, 0.29) is 18.2 Å². The van der Waals surface area contributed by atoms with Crippen molar-refractivity contribution >= 4 is 23.1 Å². The average molecular weight is 426 g/mol. The van der Waals surface area contributed by atoms with E-state index in [0.717, 1.165) is 11.3 Å². The second-order valence-electron chi connectivity index (χ2n) is 8.55. The highest BCUT2D eigenvalue weighted by molar-refractivity contribution is 6.00. The lowest BCUT2D eigenvalue weighted by molar-refractivity contribution is -0.116. The van der Waals surface area contributed by atoms with Gasteiger partial charge in [0.1, 0.15) is 5.60 Å². The number of anilines is 2. The zero-order valence-electron chi connectivity index (χ0n) is 17.8. The first-order chi connectivity index (χ1) is 14.7. The highest BCUT2D eigenvalue weighted by atomic mass is 19.1. The molecule has 2 aromatic rings. The third-order valence-corrected chi connectivity index (χ3v) is 6.16. The Morgan fingerprint density at radius 3 is 2.65 bits per heavy atom. The summed E-state index contributed by atoms with van der Waals surface area (Å²) in [6, 6.07) is 8.68. The first kappa shape index (κ1) is 21.4. The summed E-state index contributed by atoms with van der Waals surface area (Å²) in [5.41, 5.74) is 1.88. The number of rotatable bonds is 5. The van der Waals surface area contributed by atoms with Gasteiger partial charge in [-0.1, -0.05) is 0 Å². The van der Waals surface area contributed by atoms with Crippen LogP contribution in [-0.2, 0) is 16.8 Å². The van der Waals surface area contributed by atoms with Gasteiger partial charge >= 0.3 is 0 Å². The number of carbonyl (C=O) groups is 2. The smallest absolute Gasteiger partial charge is 0.236 e. The van der Waals surface area contributed by atoms with Crippen LogP contribution in [0.3, 0.4) is 0 Å². The lowest BCUT2D eigenvalue weighted by Crippen LogP contribution is -2.44. The van der Waals surface area contributed by atoms with Crippen molar-refractivity contribution in [3.8, 4) is 0 Å². The standard InChI is InChI=1S/C23H27FN4O3/c1-27(2)18-6-7-20(26-22(18)24)23(31)9-11-28(12-10-23)14-19(29)16-3-5-17-15(13-16)4-8-21(30)25-17/h3,5-7,13,31H,4,8-12,14H2,1-2H3,(H,25,30). The van der Waals surface area contributed by atoms with Gasteiger partial charge in [0.25, 0.3) is 0 Å². The molecular formula is C23H27FN4O3. The molecule has 1 fully saturated rings. The number of aliphatic hydroxyl groups is 1. The zero-order valence-corrected chi connectivity index (χ0v) is 17.8. The number of aryl methyl sites for hydroxylation is 1. The lowest BCUT2D eigenvalue weighted by atomic mass is 9.87. The molecule has 7 nitrogen and oxygen atoms in total. The van der Waals surface area contributed by atoms with E-state index in [4.69, 9.17) is 0 Å². The monoisotopic (exact) mass is 426 g/mol. The fourth-order valence-electron chi connectivity index (χ4n) is 4.21. The van der Waals surface area contributed by atoms with E-state index in [1.807, 2.05) is 11.0 Å². The molecule has 0 radical (unpaired) electrons. The summed E-state index contributed by atoms with van der Waals surface area (Å²) in [5, 5.41) is 13.9. The van der Waals surface area contributed by atoms with Crippen LogP contribution < -0.4 is 10.2 Å². The number of carbonyl (C=O) groups excluding carboxylic acids is 2. The number of likely N-dealkylation sites (tertiary alicyclic amines) is 1. The molecule has 2 aliphatic heterocycles. The highest BCUT2D eigenvalue weighted by Crippen LogP contribution is 2.33. The first-order valence-corrected chi connectivity index (χ1v) is 10.5. The van der Waals surface area contributed by atoms with Gasteiger partial charge in [0.05, 0.1) is 17.9 Å². The minimum atomic E-state index is -1.20. The van der Waals surface area contributed by atoms with Crippen LogP contribution in [0, 0.1) is 5.95 Å². The number of halogens is 1. The summed E-state index contributed by atoms with van der Waals surface area (Å²) < 4.78 is 14.3. The Morgan fingerprint density at radius 2 is 1.97 bits per heavy atom. The molecule has 164 valence electrons. The Labute approximate surface area is 180 Å². The van der Waals surface area contributed by atoms with Crippen molar-refractivity contribution in [1.29, 1.82) is 0 Å². The Bertz CT molecular complexity index is 1020. The van der Waals surface area contributed by atoms with Crippen molar-refractivity contribution in [3.63, 3.8) is 0 Å². The molecule has 1 saturated heterocycles. The summed E-state index contributed by atoms with van der Waals surface area (Å²) in [6.07, 6.45) is 1.82. The SMILES string of the molecule is CN(C)c1ccc(C2(O)CCN(CC(=O)c3ccc4c(c3)CCC(=O)N4)CC2)nc1F. The van der Waals surface area contributed by atoms with Crippen LogP contribution in [0.1, 0.15) is 40.9 Å². The van der Waals surface area contributed by atoms with Gasteiger partial charge in [-0.2, -0.15) is 4.39 Å². The van der Waals surface area contributed by atoms with E-state index in [1.165, 1.54) is 0 Å². The van der Waals surface area contributed by atoms with Gasteiger partial charge in [-0.05, 0) is 55.2 Å². The Morgan fingerprint density at radius 1 is 1.23 bits per heavy atom. The van der Waals surface area contributed by atoms with Crippen LogP contribution in [0.15, 0.2) is 30.3 Å². The van der Waals surface area contributed by atoms with Gasteiger partial charge in [-0.15, -0.1) is 0 Å². The number of Topliss-reactive ketones (excluding diaryl/α,β-unsaturated/α-hetero) is 1. The van der Waals surface area contributed by atoms with Crippen LogP contribution in [0.25, 0.3) is 0 Å². The Hall–Kier alpha value is -2.84. The Kier molecular flexibility index (Phi) is 5.77.